The maximum absolute atomic E-state index is 12.1. The highest BCUT2D eigenvalue weighted by Crippen LogP contribution is 2.39. The Bertz CT molecular complexity index is 633. The molecule has 0 aliphatic carbocycles. The lowest BCUT2D eigenvalue weighted by Crippen LogP contribution is -2.60. The van der Waals surface area contributed by atoms with Crippen molar-refractivity contribution >= 4 is 5.97 Å². The summed E-state index contributed by atoms with van der Waals surface area (Å²) in [7, 11) is 1.28. The van der Waals surface area contributed by atoms with E-state index in [0.29, 0.717) is 0 Å². The molecule has 3 rings (SSSR count). The maximum Gasteiger partial charge on any atom is 0.339 e. The topological polar surface area (TPSA) is 164 Å². The van der Waals surface area contributed by atoms with Gasteiger partial charge < -0.3 is 49.2 Å². The first-order chi connectivity index (χ1) is 13.3. The third-order valence-electron chi connectivity index (χ3n) is 4.99. The number of esters is 1. The molecule has 3 aliphatic heterocycles. The molecule has 0 unspecified atom stereocenters. The summed E-state index contributed by atoms with van der Waals surface area (Å²) in [5.41, 5.74) is 0.249. The van der Waals surface area contributed by atoms with Crippen molar-refractivity contribution in [2.45, 2.75) is 49.4 Å². The van der Waals surface area contributed by atoms with E-state index in [1.165, 1.54) is 13.2 Å². The zero-order valence-corrected chi connectivity index (χ0v) is 15.1. The predicted octanol–water partition coefficient (Wildman–Crippen LogP) is -2.85. The van der Waals surface area contributed by atoms with Crippen molar-refractivity contribution in [2.24, 2.45) is 5.92 Å². The third-order valence-corrected chi connectivity index (χ3v) is 4.99. The fourth-order valence-electron chi connectivity index (χ4n) is 3.51. The monoisotopic (exact) mass is 404 g/mol. The summed E-state index contributed by atoms with van der Waals surface area (Å²) >= 11 is 0. The summed E-state index contributed by atoms with van der Waals surface area (Å²) < 4.78 is 26.7. The number of ether oxygens (including phenoxy) is 5. The van der Waals surface area contributed by atoms with E-state index in [0.717, 1.165) is 0 Å². The Morgan fingerprint density at radius 1 is 1.14 bits per heavy atom. The second kappa shape index (κ2) is 8.53. The Morgan fingerprint density at radius 2 is 1.86 bits per heavy atom. The average molecular weight is 404 g/mol. The van der Waals surface area contributed by atoms with Crippen molar-refractivity contribution in [3.8, 4) is 0 Å². The SMILES string of the molecule is C=C[C@@H]1C2=C(C(=O)OC[C@@H]2O)[C@@H](OC)O[C@H]1O[C@@H]1O[C@H](CO)[C@@H](O)[C@H](O)[C@H]1O. The molecule has 5 N–H and O–H groups in total. The molecule has 1 fully saturated rings. The molecular formula is C17H24O11. The van der Waals surface area contributed by atoms with Gasteiger partial charge in [-0.15, -0.1) is 6.58 Å². The first kappa shape index (κ1) is 21.3. The number of aliphatic hydroxyl groups is 5. The number of cyclic esters (lactones) is 1. The van der Waals surface area contributed by atoms with Crippen molar-refractivity contribution < 1.29 is 54.0 Å². The van der Waals surface area contributed by atoms with Gasteiger partial charge in [-0.1, -0.05) is 6.08 Å². The molecule has 1 saturated heterocycles. The van der Waals surface area contributed by atoms with Crippen LogP contribution in [-0.4, -0.2) is 101 Å². The highest BCUT2D eigenvalue weighted by molar-refractivity contribution is 5.91. The van der Waals surface area contributed by atoms with Crippen molar-refractivity contribution in [3.63, 3.8) is 0 Å². The molecule has 158 valence electrons. The van der Waals surface area contributed by atoms with Crippen LogP contribution < -0.4 is 0 Å². The van der Waals surface area contributed by atoms with Crippen LogP contribution in [0.3, 0.4) is 0 Å². The Kier molecular flexibility index (Phi) is 6.49. The summed E-state index contributed by atoms with van der Waals surface area (Å²) in [6.45, 7) is 2.79. The second-order valence-electron chi connectivity index (χ2n) is 6.65. The number of hydrogen-bond acceptors (Lipinski definition) is 11. The first-order valence-corrected chi connectivity index (χ1v) is 8.69. The molecule has 3 heterocycles. The van der Waals surface area contributed by atoms with Crippen LogP contribution in [0, 0.1) is 5.92 Å². The fraction of sp³-hybridized carbons (Fsp3) is 0.706. The molecule has 0 saturated carbocycles. The molecule has 28 heavy (non-hydrogen) atoms. The fourth-order valence-corrected chi connectivity index (χ4v) is 3.51. The van der Waals surface area contributed by atoms with Crippen molar-refractivity contribution in [2.75, 3.05) is 20.3 Å². The van der Waals surface area contributed by atoms with Gasteiger partial charge >= 0.3 is 5.97 Å². The van der Waals surface area contributed by atoms with Crippen LogP contribution in [0.5, 0.6) is 0 Å². The summed E-state index contributed by atoms with van der Waals surface area (Å²) in [6.07, 6.45) is -9.66. The normalized spacial score (nSPS) is 44.1. The van der Waals surface area contributed by atoms with E-state index in [9.17, 15) is 30.3 Å². The molecular weight excluding hydrogens is 380 g/mol. The van der Waals surface area contributed by atoms with E-state index in [2.05, 4.69) is 6.58 Å². The number of methoxy groups -OCH3 is 1. The van der Waals surface area contributed by atoms with Crippen molar-refractivity contribution in [3.05, 3.63) is 23.8 Å². The molecule has 0 aromatic carbocycles. The standard InChI is InChI=1S/C17H24O11/c1-3-6-9-7(19)5-25-14(23)10(9)16(24-2)27-15(6)28-17-13(22)12(21)11(20)8(4-18)26-17/h3,6-8,11-13,15-22H,1,4-5H2,2H3/t6-,7+,8-,11-,12+,13-,15+,16+,17+/m1/s1. The van der Waals surface area contributed by atoms with Gasteiger partial charge in [0.2, 0.25) is 0 Å². The van der Waals surface area contributed by atoms with E-state index in [-0.39, 0.29) is 17.8 Å². The van der Waals surface area contributed by atoms with Crippen LogP contribution in [0.15, 0.2) is 23.8 Å². The van der Waals surface area contributed by atoms with E-state index >= 15 is 0 Å². The second-order valence-corrected chi connectivity index (χ2v) is 6.65. The molecule has 0 aromatic heterocycles. The Balaban J connectivity index is 1.88. The number of rotatable bonds is 5. The quantitative estimate of drug-likeness (QED) is 0.237. The number of carbonyl (C=O) groups excluding carboxylic acids is 1. The van der Waals surface area contributed by atoms with Crippen LogP contribution >= 0.6 is 0 Å². The van der Waals surface area contributed by atoms with Crippen LogP contribution in [0.4, 0.5) is 0 Å². The minimum absolute atomic E-state index is 0.000183. The molecule has 0 aromatic rings. The molecule has 0 spiro atoms. The summed E-state index contributed by atoms with van der Waals surface area (Å²) in [5, 5.41) is 49.6. The third kappa shape index (κ3) is 3.61. The van der Waals surface area contributed by atoms with Gasteiger partial charge in [0, 0.05) is 7.11 Å². The van der Waals surface area contributed by atoms with E-state index < -0.39 is 67.9 Å². The highest BCUT2D eigenvalue weighted by atomic mass is 16.8. The van der Waals surface area contributed by atoms with Gasteiger partial charge in [0.25, 0.3) is 0 Å². The van der Waals surface area contributed by atoms with Crippen LogP contribution in [-0.2, 0) is 28.5 Å². The van der Waals surface area contributed by atoms with E-state index in [1.54, 1.807) is 0 Å². The van der Waals surface area contributed by atoms with Gasteiger partial charge in [-0.25, -0.2) is 4.79 Å². The molecule has 0 radical (unpaired) electrons. The van der Waals surface area contributed by atoms with Gasteiger partial charge in [0.1, 0.15) is 37.1 Å². The van der Waals surface area contributed by atoms with Gasteiger partial charge in [-0.3, -0.25) is 0 Å². The highest BCUT2D eigenvalue weighted by Gasteiger charge is 2.50. The Hall–Kier alpha value is -1.41. The smallest absolute Gasteiger partial charge is 0.339 e. The lowest BCUT2D eigenvalue weighted by Gasteiger charge is -2.44. The van der Waals surface area contributed by atoms with Crippen LogP contribution in [0.25, 0.3) is 0 Å². The first-order valence-electron chi connectivity index (χ1n) is 8.69. The van der Waals surface area contributed by atoms with Gasteiger partial charge in [-0.05, 0) is 5.57 Å². The Labute approximate surface area is 160 Å². The molecule has 0 amide bonds. The zero-order valence-electron chi connectivity index (χ0n) is 15.1. The molecule has 3 aliphatic rings. The predicted molar refractivity (Wildman–Crippen MR) is 88.2 cm³/mol. The van der Waals surface area contributed by atoms with E-state index in [4.69, 9.17) is 23.7 Å². The number of carbonyl (C=O) groups is 1. The lowest BCUT2D eigenvalue weighted by atomic mass is 9.85. The van der Waals surface area contributed by atoms with Gasteiger partial charge in [-0.2, -0.15) is 0 Å². The number of aliphatic hydroxyl groups excluding tert-OH is 5. The maximum atomic E-state index is 12.1. The van der Waals surface area contributed by atoms with Crippen LogP contribution in [0.2, 0.25) is 0 Å². The van der Waals surface area contributed by atoms with Crippen molar-refractivity contribution in [1.29, 1.82) is 0 Å². The number of hydrogen-bond donors (Lipinski definition) is 5. The molecule has 11 heteroatoms. The lowest BCUT2D eigenvalue weighted by molar-refractivity contribution is -0.356. The summed E-state index contributed by atoms with van der Waals surface area (Å²) in [6, 6.07) is 0. The molecule has 0 bridgehead atoms. The largest absolute Gasteiger partial charge is 0.459 e. The Morgan fingerprint density at radius 3 is 2.46 bits per heavy atom. The van der Waals surface area contributed by atoms with Gasteiger partial charge in [0.05, 0.1) is 18.1 Å². The van der Waals surface area contributed by atoms with Gasteiger partial charge in [0.15, 0.2) is 18.9 Å². The minimum atomic E-state index is -1.65. The summed E-state index contributed by atoms with van der Waals surface area (Å²) in [5.74, 6) is -1.53. The molecule has 11 nitrogen and oxygen atoms in total. The minimum Gasteiger partial charge on any atom is -0.459 e. The average Bonchev–Trinajstić information content (AvgIpc) is 2.70. The summed E-state index contributed by atoms with van der Waals surface area (Å²) in [4.78, 5) is 12.1. The zero-order chi connectivity index (χ0) is 20.6. The molecule has 9 atom stereocenters. The van der Waals surface area contributed by atoms with Crippen LogP contribution in [0.1, 0.15) is 0 Å². The van der Waals surface area contributed by atoms with Crippen molar-refractivity contribution in [1.82, 2.24) is 0 Å². The van der Waals surface area contributed by atoms with E-state index in [1.807, 2.05) is 0 Å².